The molecule has 8 heteroatoms. The lowest BCUT2D eigenvalue weighted by atomic mass is 9.90. The molecule has 1 fully saturated rings. The van der Waals surface area contributed by atoms with Gasteiger partial charge < -0.3 is 10.8 Å². The number of pyridine rings is 2. The van der Waals surface area contributed by atoms with Gasteiger partial charge in [-0.1, -0.05) is 66.7 Å². The van der Waals surface area contributed by atoms with Crippen molar-refractivity contribution in [2.45, 2.75) is 18.9 Å². The van der Waals surface area contributed by atoms with Crippen molar-refractivity contribution < 1.29 is 9.90 Å². The lowest BCUT2D eigenvalue weighted by Gasteiger charge is -2.39. The van der Waals surface area contributed by atoms with Crippen LogP contribution in [0.1, 0.15) is 22.6 Å². The molecule has 43 heavy (non-hydrogen) atoms. The molecule has 1 aliphatic heterocycles. The van der Waals surface area contributed by atoms with Gasteiger partial charge in [-0.2, -0.15) is 0 Å². The Balaban J connectivity index is 1.17. The Bertz CT molecular complexity index is 1930. The molecule has 1 aliphatic rings. The van der Waals surface area contributed by atoms with Crippen LogP contribution in [0.5, 0.6) is 0 Å². The van der Waals surface area contributed by atoms with Crippen LogP contribution in [0.2, 0.25) is 0 Å². The first-order valence-corrected chi connectivity index (χ1v) is 14.3. The predicted octanol–water partition coefficient (Wildman–Crippen LogP) is 5.96. The van der Waals surface area contributed by atoms with E-state index in [9.17, 15) is 4.79 Å². The van der Waals surface area contributed by atoms with Gasteiger partial charge >= 0.3 is 5.97 Å². The van der Waals surface area contributed by atoms with E-state index in [-0.39, 0.29) is 6.42 Å². The van der Waals surface area contributed by atoms with Gasteiger partial charge in [0.25, 0.3) is 0 Å². The third-order valence-electron chi connectivity index (χ3n) is 7.99. The van der Waals surface area contributed by atoms with Gasteiger partial charge in [-0.05, 0) is 53.1 Å². The van der Waals surface area contributed by atoms with Crippen LogP contribution in [0.15, 0.2) is 109 Å². The number of rotatable bonds is 8. The summed E-state index contributed by atoms with van der Waals surface area (Å²) in [6, 6.07) is 34.4. The van der Waals surface area contributed by atoms with E-state index in [0.717, 1.165) is 64.4 Å². The molecule has 3 N–H and O–H groups in total. The van der Waals surface area contributed by atoms with E-state index in [0.29, 0.717) is 17.6 Å². The fourth-order valence-electron chi connectivity index (χ4n) is 5.83. The Morgan fingerprint density at radius 2 is 1.65 bits per heavy atom. The van der Waals surface area contributed by atoms with Crippen LogP contribution >= 0.6 is 0 Å². The minimum Gasteiger partial charge on any atom is -0.481 e. The summed E-state index contributed by atoms with van der Waals surface area (Å²) in [6.45, 7) is 2.72. The number of aromatic nitrogens is 4. The van der Waals surface area contributed by atoms with E-state index in [2.05, 4.69) is 56.9 Å². The van der Waals surface area contributed by atoms with Gasteiger partial charge in [-0.25, -0.2) is 15.0 Å². The number of carbonyl (C=O) groups is 1. The number of nitrogens with zero attached hydrogens (tertiary/aromatic N) is 5. The fourth-order valence-corrected chi connectivity index (χ4v) is 5.83. The molecule has 0 aliphatic carbocycles. The Morgan fingerprint density at radius 3 is 2.42 bits per heavy atom. The second-order valence-corrected chi connectivity index (χ2v) is 11.0. The summed E-state index contributed by atoms with van der Waals surface area (Å²) < 4.78 is 2.07. The van der Waals surface area contributed by atoms with Gasteiger partial charge in [-0.3, -0.25) is 14.3 Å². The summed E-state index contributed by atoms with van der Waals surface area (Å²) in [5.74, 6) is 0.747. The van der Waals surface area contributed by atoms with E-state index >= 15 is 0 Å². The number of hydrogen-bond donors (Lipinski definition) is 2. The number of benzene rings is 3. The van der Waals surface area contributed by atoms with E-state index in [1.54, 1.807) is 6.20 Å². The largest absolute Gasteiger partial charge is 0.481 e. The van der Waals surface area contributed by atoms with Gasteiger partial charge in [0.15, 0.2) is 11.5 Å². The molecule has 7 rings (SSSR count). The highest BCUT2D eigenvalue weighted by molar-refractivity contribution is 5.84. The number of carboxylic acids is 1. The summed E-state index contributed by atoms with van der Waals surface area (Å²) in [7, 11) is 0. The number of aliphatic carboxylic acids is 1. The van der Waals surface area contributed by atoms with Crippen LogP contribution in [-0.4, -0.2) is 48.6 Å². The second-order valence-electron chi connectivity index (χ2n) is 11.0. The SMILES string of the molecule is Nc1ncccc1-c1nc2ccc(-c3ccccc3)nc2n1-c1ccc(C2CN(Cc3cccc(CC(=O)O)c3)C2)cc1. The first-order chi connectivity index (χ1) is 21.0. The molecule has 8 nitrogen and oxygen atoms in total. The number of carboxylic acid groups (broad SMARTS) is 1. The van der Waals surface area contributed by atoms with Crippen molar-refractivity contribution in [2.75, 3.05) is 18.8 Å². The maximum Gasteiger partial charge on any atom is 0.307 e. The van der Waals surface area contributed by atoms with E-state index in [1.807, 2.05) is 60.7 Å². The van der Waals surface area contributed by atoms with Crippen molar-refractivity contribution in [2.24, 2.45) is 0 Å². The Morgan fingerprint density at radius 1 is 0.860 bits per heavy atom. The summed E-state index contributed by atoms with van der Waals surface area (Å²) in [5, 5.41) is 9.11. The average molecular weight is 567 g/mol. The monoisotopic (exact) mass is 566 g/mol. The lowest BCUT2D eigenvalue weighted by Crippen LogP contribution is -2.44. The zero-order chi connectivity index (χ0) is 29.3. The van der Waals surface area contributed by atoms with Gasteiger partial charge in [0, 0.05) is 43.0 Å². The number of hydrogen-bond acceptors (Lipinski definition) is 6. The lowest BCUT2D eigenvalue weighted by molar-refractivity contribution is -0.136. The van der Waals surface area contributed by atoms with Crippen molar-refractivity contribution >= 4 is 23.0 Å². The van der Waals surface area contributed by atoms with Crippen molar-refractivity contribution in [1.82, 2.24) is 24.4 Å². The van der Waals surface area contributed by atoms with Crippen molar-refractivity contribution in [1.29, 1.82) is 0 Å². The quantitative estimate of drug-likeness (QED) is 0.234. The Hall–Kier alpha value is -5.34. The van der Waals surface area contributed by atoms with Crippen LogP contribution in [0, 0.1) is 0 Å². The fraction of sp³-hybridized carbons (Fsp3) is 0.143. The number of nitrogen functional groups attached to an aromatic ring is 1. The van der Waals surface area contributed by atoms with Crippen molar-refractivity contribution in [3.05, 3.63) is 126 Å². The Kier molecular flexibility index (Phi) is 6.89. The van der Waals surface area contributed by atoms with Gasteiger partial charge in [0.2, 0.25) is 0 Å². The third kappa shape index (κ3) is 5.36. The molecule has 6 aromatic rings. The van der Waals surface area contributed by atoms with E-state index in [4.69, 9.17) is 20.8 Å². The summed E-state index contributed by atoms with van der Waals surface area (Å²) in [4.78, 5) is 27.8. The Labute approximate surface area is 249 Å². The normalized spacial score (nSPS) is 13.7. The first kappa shape index (κ1) is 26.6. The summed E-state index contributed by atoms with van der Waals surface area (Å²) in [6.07, 6.45) is 1.73. The van der Waals surface area contributed by atoms with Gasteiger partial charge in [-0.15, -0.1) is 0 Å². The third-order valence-corrected chi connectivity index (χ3v) is 7.99. The standard InChI is InChI=1S/C35H30N6O2/c36-33-29(10-5-17-37-33)34-39-31-16-15-30(26-8-2-1-3-9-26)38-35(31)41(34)28-13-11-25(12-14-28)27-21-40(22-27)20-24-7-4-6-23(18-24)19-32(42)43/h1-18,27H,19-22H2,(H2,36,37)(H,42,43). The molecule has 0 amide bonds. The van der Waals surface area contributed by atoms with Crippen LogP contribution in [0.3, 0.4) is 0 Å². The molecule has 3 aromatic carbocycles. The van der Waals surface area contributed by atoms with Crippen LogP contribution in [0.4, 0.5) is 5.82 Å². The summed E-state index contributed by atoms with van der Waals surface area (Å²) >= 11 is 0. The molecule has 0 radical (unpaired) electrons. The average Bonchev–Trinajstić information content (AvgIpc) is 3.38. The molecule has 0 atom stereocenters. The minimum atomic E-state index is -0.809. The molecule has 0 saturated carbocycles. The molecule has 212 valence electrons. The number of nitrogens with two attached hydrogens (primary N) is 1. The maximum atomic E-state index is 11.1. The van der Waals surface area contributed by atoms with Crippen LogP contribution < -0.4 is 5.73 Å². The first-order valence-electron chi connectivity index (χ1n) is 14.3. The number of imidazole rings is 1. The summed E-state index contributed by atoms with van der Waals surface area (Å²) in [5.41, 5.74) is 14.7. The maximum absolute atomic E-state index is 11.1. The molecule has 0 bridgehead atoms. The number of likely N-dealkylation sites (tertiary alicyclic amines) is 1. The molecular formula is C35H30N6O2. The zero-order valence-corrected chi connectivity index (χ0v) is 23.5. The minimum absolute atomic E-state index is 0.0488. The van der Waals surface area contributed by atoms with Gasteiger partial charge in [0.1, 0.15) is 11.3 Å². The van der Waals surface area contributed by atoms with E-state index in [1.165, 1.54) is 5.56 Å². The smallest absolute Gasteiger partial charge is 0.307 e. The molecule has 3 aromatic heterocycles. The molecular weight excluding hydrogens is 536 g/mol. The van der Waals surface area contributed by atoms with Crippen molar-refractivity contribution in [3.63, 3.8) is 0 Å². The van der Waals surface area contributed by atoms with Crippen LogP contribution in [-0.2, 0) is 17.8 Å². The van der Waals surface area contributed by atoms with Crippen molar-refractivity contribution in [3.8, 4) is 28.3 Å². The van der Waals surface area contributed by atoms with E-state index < -0.39 is 5.97 Å². The zero-order valence-electron chi connectivity index (χ0n) is 23.5. The highest BCUT2D eigenvalue weighted by Crippen LogP contribution is 2.33. The highest BCUT2D eigenvalue weighted by Gasteiger charge is 2.28. The predicted molar refractivity (Wildman–Crippen MR) is 168 cm³/mol. The molecule has 1 saturated heterocycles. The second kappa shape index (κ2) is 11.2. The van der Waals surface area contributed by atoms with Gasteiger partial charge in [0.05, 0.1) is 17.7 Å². The number of anilines is 1. The highest BCUT2D eigenvalue weighted by atomic mass is 16.4. The number of fused-ring (bicyclic) bond motifs is 1. The topological polar surface area (TPSA) is 110 Å². The molecule has 0 unspecified atom stereocenters. The van der Waals surface area contributed by atoms with Crippen LogP contribution in [0.25, 0.3) is 39.5 Å². The molecule has 4 heterocycles. The molecule has 0 spiro atoms.